The molecule has 4 nitrogen and oxygen atoms in total. The van der Waals surface area contributed by atoms with Crippen LogP contribution in [0.2, 0.25) is 0 Å². The van der Waals surface area contributed by atoms with Crippen LogP contribution < -0.4 is 10.6 Å². The highest BCUT2D eigenvalue weighted by Crippen LogP contribution is 2.38. The topological polar surface area (TPSA) is 50.4 Å². The van der Waals surface area contributed by atoms with Crippen LogP contribution in [-0.2, 0) is 4.74 Å². The molecular formula is C18H34N2O2. The SMILES string of the molecule is CC(C)(C)OC(=O)NC1CCC(NC2CCCC2(C)C)CC1. The zero-order valence-corrected chi connectivity index (χ0v) is 15.0. The molecule has 0 bridgehead atoms. The first-order valence-electron chi connectivity index (χ1n) is 8.91. The van der Waals surface area contributed by atoms with Gasteiger partial charge < -0.3 is 15.4 Å². The van der Waals surface area contributed by atoms with Gasteiger partial charge in [0.25, 0.3) is 0 Å². The van der Waals surface area contributed by atoms with E-state index in [0.29, 0.717) is 17.5 Å². The van der Waals surface area contributed by atoms with Crippen molar-refractivity contribution in [2.24, 2.45) is 5.41 Å². The van der Waals surface area contributed by atoms with Gasteiger partial charge in [-0.25, -0.2) is 4.79 Å². The minimum Gasteiger partial charge on any atom is -0.444 e. The lowest BCUT2D eigenvalue weighted by Gasteiger charge is -2.36. The summed E-state index contributed by atoms with van der Waals surface area (Å²) in [7, 11) is 0. The van der Waals surface area contributed by atoms with E-state index in [1.165, 1.54) is 19.3 Å². The third kappa shape index (κ3) is 5.15. The second-order valence-electron chi connectivity index (χ2n) is 8.79. The third-order valence-corrected chi connectivity index (χ3v) is 5.14. The summed E-state index contributed by atoms with van der Waals surface area (Å²) >= 11 is 0. The maximum Gasteiger partial charge on any atom is 0.407 e. The summed E-state index contributed by atoms with van der Waals surface area (Å²) in [6.45, 7) is 10.5. The molecule has 0 aromatic heterocycles. The van der Waals surface area contributed by atoms with Crippen LogP contribution in [-0.4, -0.2) is 29.8 Å². The summed E-state index contributed by atoms with van der Waals surface area (Å²) in [5.74, 6) is 0. The van der Waals surface area contributed by atoms with Gasteiger partial charge in [-0.3, -0.25) is 0 Å². The van der Waals surface area contributed by atoms with Crippen LogP contribution in [0.25, 0.3) is 0 Å². The zero-order valence-electron chi connectivity index (χ0n) is 15.0. The molecule has 2 aliphatic rings. The first-order chi connectivity index (χ1) is 10.2. The van der Waals surface area contributed by atoms with Crippen molar-refractivity contribution in [2.45, 2.75) is 103 Å². The van der Waals surface area contributed by atoms with Gasteiger partial charge in [0.05, 0.1) is 0 Å². The smallest absolute Gasteiger partial charge is 0.407 e. The summed E-state index contributed by atoms with van der Waals surface area (Å²) in [6, 6.07) is 1.54. The van der Waals surface area contributed by atoms with E-state index in [4.69, 9.17) is 4.74 Å². The lowest BCUT2D eigenvalue weighted by Crippen LogP contribution is -2.48. The number of hydrogen-bond acceptors (Lipinski definition) is 3. The molecule has 1 unspecified atom stereocenters. The van der Waals surface area contributed by atoms with Crippen LogP contribution in [0.4, 0.5) is 4.79 Å². The fourth-order valence-corrected chi connectivity index (χ4v) is 3.80. The van der Waals surface area contributed by atoms with E-state index in [2.05, 4.69) is 24.5 Å². The number of alkyl carbamates (subject to hydrolysis) is 1. The second-order valence-corrected chi connectivity index (χ2v) is 8.79. The molecule has 2 saturated carbocycles. The van der Waals surface area contributed by atoms with Crippen molar-refractivity contribution >= 4 is 6.09 Å². The standard InChI is InChI=1S/C18H34N2O2/c1-17(2,3)22-16(21)20-14-10-8-13(9-11-14)19-15-7-6-12-18(15,4)5/h13-15,19H,6-12H2,1-5H3,(H,20,21). The number of nitrogens with one attached hydrogen (secondary N) is 2. The van der Waals surface area contributed by atoms with Gasteiger partial charge in [0.2, 0.25) is 0 Å². The van der Waals surface area contributed by atoms with Crippen molar-refractivity contribution in [2.75, 3.05) is 0 Å². The maximum absolute atomic E-state index is 11.8. The normalized spacial score (nSPS) is 31.8. The molecule has 128 valence electrons. The number of carbonyl (C=O) groups excluding carboxylic acids is 1. The van der Waals surface area contributed by atoms with Crippen LogP contribution >= 0.6 is 0 Å². The number of rotatable bonds is 3. The molecule has 2 N–H and O–H groups in total. The Morgan fingerprint density at radius 1 is 1.05 bits per heavy atom. The van der Waals surface area contributed by atoms with Crippen molar-refractivity contribution in [3.8, 4) is 0 Å². The van der Waals surface area contributed by atoms with Crippen LogP contribution in [0, 0.1) is 5.41 Å². The molecule has 2 aliphatic carbocycles. The summed E-state index contributed by atoms with van der Waals surface area (Å²) < 4.78 is 5.34. The Balaban J connectivity index is 1.71. The molecule has 0 aromatic rings. The zero-order chi connectivity index (χ0) is 16.4. The molecule has 0 saturated heterocycles. The second kappa shape index (κ2) is 6.77. The molecule has 4 heteroatoms. The molecule has 0 radical (unpaired) electrons. The third-order valence-electron chi connectivity index (χ3n) is 5.14. The highest BCUT2D eigenvalue weighted by Gasteiger charge is 2.36. The fourth-order valence-electron chi connectivity index (χ4n) is 3.80. The monoisotopic (exact) mass is 310 g/mol. The van der Waals surface area contributed by atoms with E-state index in [-0.39, 0.29) is 12.1 Å². The van der Waals surface area contributed by atoms with Crippen LogP contribution in [0.3, 0.4) is 0 Å². The molecule has 0 spiro atoms. The van der Waals surface area contributed by atoms with E-state index in [1.807, 2.05) is 20.8 Å². The average Bonchev–Trinajstić information content (AvgIpc) is 2.69. The number of hydrogen-bond donors (Lipinski definition) is 2. The van der Waals surface area contributed by atoms with Gasteiger partial charge in [-0.15, -0.1) is 0 Å². The Morgan fingerprint density at radius 3 is 2.14 bits per heavy atom. The molecule has 2 fully saturated rings. The maximum atomic E-state index is 11.8. The summed E-state index contributed by atoms with van der Waals surface area (Å²) in [5.41, 5.74) is 0.0164. The van der Waals surface area contributed by atoms with Gasteiger partial charge in [0.15, 0.2) is 0 Å². The summed E-state index contributed by atoms with van der Waals surface area (Å²) in [5, 5.41) is 6.89. The van der Waals surface area contributed by atoms with Crippen molar-refractivity contribution in [1.29, 1.82) is 0 Å². The summed E-state index contributed by atoms with van der Waals surface area (Å²) in [6.07, 6.45) is 8.10. The minimum absolute atomic E-state index is 0.268. The Morgan fingerprint density at radius 2 is 1.64 bits per heavy atom. The highest BCUT2D eigenvalue weighted by atomic mass is 16.6. The number of ether oxygens (including phenoxy) is 1. The molecule has 2 rings (SSSR count). The molecule has 1 atom stereocenters. The first-order valence-corrected chi connectivity index (χ1v) is 8.91. The Hall–Kier alpha value is -0.770. The van der Waals surface area contributed by atoms with Gasteiger partial charge >= 0.3 is 6.09 Å². The molecule has 0 heterocycles. The van der Waals surface area contributed by atoms with Crippen LogP contribution in [0.1, 0.15) is 79.6 Å². The number of amides is 1. The largest absolute Gasteiger partial charge is 0.444 e. The molecular weight excluding hydrogens is 276 g/mol. The van der Waals surface area contributed by atoms with E-state index in [0.717, 1.165) is 25.7 Å². The fraction of sp³-hybridized carbons (Fsp3) is 0.944. The summed E-state index contributed by atoms with van der Waals surface area (Å²) in [4.78, 5) is 11.8. The Kier molecular flexibility index (Phi) is 5.41. The molecule has 22 heavy (non-hydrogen) atoms. The van der Waals surface area contributed by atoms with Crippen LogP contribution in [0.5, 0.6) is 0 Å². The molecule has 0 aromatic carbocycles. The van der Waals surface area contributed by atoms with E-state index >= 15 is 0 Å². The Labute approximate surface area is 135 Å². The predicted molar refractivity (Wildman–Crippen MR) is 90.0 cm³/mol. The van der Waals surface area contributed by atoms with Gasteiger partial charge in [0.1, 0.15) is 5.60 Å². The molecule has 0 aliphatic heterocycles. The van der Waals surface area contributed by atoms with Gasteiger partial charge in [0, 0.05) is 18.1 Å². The van der Waals surface area contributed by atoms with Crippen molar-refractivity contribution < 1.29 is 9.53 Å². The van der Waals surface area contributed by atoms with E-state index in [9.17, 15) is 4.79 Å². The van der Waals surface area contributed by atoms with Crippen molar-refractivity contribution in [1.82, 2.24) is 10.6 Å². The predicted octanol–water partition coefficient (Wildman–Crippen LogP) is 3.99. The van der Waals surface area contributed by atoms with Gasteiger partial charge in [-0.2, -0.15) is 0 Å². The minimum atomic E-state index is -0.420. The highest BCUT2D eigenvalue weighted by molar-refractivity contribution is 5.68. The van der Waals surface area contributed by atoms with E-state index < -0.39 is 5.60 Å². The van der Waals surface area contributed by atoms with E-state index in [1.54, 1.807) is 0 Å². The quantitative estimate of drug-likeness (QED) is 0.828. The average molecular weight is 310 g/mol. The molecule has 1 amide bonds. The first kappa shape index (κ1) is 17.6. The van der Waals surface area contributed by atoms with Crippen molar-refractivity contribution in [3.63, 3.8) is 0 Å². The number of carbonyl (C=O) groups is 1. The lowest BCUT2D eigenvalue weighted by atomic mass is 9.85. The van der Waals surface area contributed by atoms with Crippen LogP contribution in [0.15, 0.2) is 0 Å². The van der Waals surface area contributed by atoms with Gasteiger partial charge in [-0.1, -0.05) is 20.3 Å². The Bertz CT molecular complexity index is 379. The van der Waals surface area contributed by atoms with Gasteiger partial charge in [-0.05, 0) is 64.7 Å². The lowest BCUT2D eigenvalue weighted by molar-refractivity contribution is 0.0488. The van der Waals surface area contributed by atoms with Crippen molar-refractivity contribution in [3.05, 3.63) is 0 Å².